The van der Waals surface area contributed by atoms with Crippen LogP contribution in [-0.4, -0.2) is 20.9 Å². The molecule has 0 saturated heterocycles. The molecule has 7 heteroatoms. The molecule has 2 aromatic rings. The van der Waals surface area contributed by atoms with Crippen LogP contribution in [0, 0.1) is 6.92 Å². The topological polar surface area (TPSA) is 98.5 Å². The lowest BCUT2D eigenvalue weighted by atomic mass is 10.1. The molecule has 0 heterocycles. The van der Waals surface area contributed by atoms with Gasteiger partial charge in [0, 0.05) is 5.56 Å². The molecule has 3 N–H and O–H groups in total. The molecule has 0 saturated carbocycles. The summed E-state index contributed by atoms with van der Waals surface area (Å²) in [4.78, 5) is 12.3. The first-order valence-electron chi connectivity index (χ1n) is 6.99. The van der Waals surface area contributed by atoms with Gasteiger partial charge in [0.1, 0.15) is 5.75 Å². The number of rotatable bonds is 5. The molecule has 0 fully saturated rings. The summed E-state index contributed by atoms with van der Waals surface area (Å²) in [5.41, 5.74) is 1.35. The van der Waals surface area contributed by atoms with Crippen LogP contribution in [0.2, 0.25) is 0 Å². The predicted molar refractivity (Wildman–Crippen MR) is 88.1 cm³/mol. The fourth-order valence-corrected chi connectivity index (χ4v) is 2.73. The second-order valence-electron chi connectivity index (χ2n) is 4.96. The Kier molecular flexibility index (Phi) is 5.02. The summed E-state index contributed by atoms with van der Waals surface area (Å²) in [6.45, 7) is 4.00. The number of ether oxygens (including phenoxy) is 1. The van der Waals surface area contributed by atoms with Gasteiger partial charge >= 0.3 is 0 Å². The Balaban J connectivity index is 2.34. The number of primary sulfonamides is 1. The van der Waals surface area contributed by atoms with Crippen molar-refractivity contribution in [2.24, 2.45) is 5.14 Å². The van der Waals surface area contributed by atoms with Crippen molar-refractivity contribution in [2.75, 3.05) is 11.9 Å². The summed E-state index contributed by atoms with van der Waals surface area (Å²) in [5.74, 6) is 0.105. The summed E-state index contributed by atoms with van der Waals surface area (Å²) in [6, 6.07) is 11.3. The molecule has 2 aromatic carbocycles. The van der Waals surface area contributed by atoms with Crippen molar-refractivity contribution in [3.8, 4) is 5.75 Å². The lowest BCUT2D eigenvalue weighted by Crippen LogP contribution is -2.16. The zero-order chi connectivity index (χ0) is 17.0. The molecule has 6 nitrogen and oxygen atoms in total. The normalized spacial score (nSPS) is 11.1. The van der Waals surface area contributed by atoms with Crippen molar-refractivity contribution in [1.82, 2.24) is 0 Å². The number of aryl methyl sites for hydroxylation is 1. The minimum absolute atomic E-state index is 0.0965. The molecule has 122 valence electrons. The molecule has 0 aromatic heterocycles. The van der Waals surface area contributed by atoms with Gasteiger partial charge in [-0.25, -0.2) is 13.6 Å². The Hall–Kier alpha value is -2.38. The zero-order valence-electron chi connectivity index (χ0n) is 12.9. The monoisotopic (exact) mass is 334 g/mol. The summed E-state index contributed by atoms with van der Waals surface area (Å²) in [7, 11) is -3.88. The van der Waals surface area contributed by atoms with Crippen molar-refractivity contribution in [2.45, 2.75) is 18.7 Å². The van der Waals surface area contributed by atoms with Gasteiger partial charge in [-0.1, -0.05) is 12.1 Å². The number of benzene rings is 2. The maximum atomic E-state index is 12.4. The fraction of sp³-hybridized carbons (Fsp3) is 0.188. The molecule has 0 bridgehead atoms. The molecule has 0 aliphatic rings. The van der Waals surface area contributed by atoms with Gasteiger partial charge in [0.25, 0.3) is 5.91 Å². The van der Waals surface area contributed by atoms with Crippen LogP contribution in [0.15, 0.2) is 47.4 Å². The molecule has 2 rings (SSSR count). The quantitative estimate of drug-likeness (QED) is 0.876. The van der Waals surface area contributed by atoms with E-state index >= 15 is 0 Å². The van der Waals surface area contributed by atoms with Gasteiger partial charge in [0.2, 0.25) is 10.0 Å². The molecule has 23 heavy (non-hydrogen) atoms. The largest absolute Gasteiger partial charge is 0.492 e. The van der Waals surface area contributed by atoms with Crippen LogP contribution in [0.5, 0.6) is 5.75 Å². The van der Waals surface area contributed by atoms with Crippen LogP contribution in [0.1, 0.15) is 22.8 Å². The van der Waals surface area contributed by atoms with E-state index in [1.54, 1.807) is 37.3 Å². The maximum absolute atomic E-state index is 12.4. The van der Waals surface area contributed by atoms with Crippen molar-refractivity contribution < 1.29 is 17.9 Å². The van der Waals surface area contributed by atoms with Gasteiger partial charge in [-0.05, 0) is 49.7 Å². The van der Waals surface area contributed by atoms with Crippen LogP contribution < -0.4 is 15.2 Å². The number of hydrogen-bond donors (Lipinski definition) is 2. The third-order valence-corrected chi connectivity index (χ3v) is 3.97. The number of amides is 1. The van der Waals surface area contributed by atoms with Gasteiger partial charge in [0.15, 0.2) is 0 Å². The van der Waals surface area contributed by atoms with Crippen molar-refractivity contribution in [3.05, 3.63) is 53.6 Å². The third kappa shape index (κ3) is 4.30. The highest BCUT2D eigenvalue weighted by molar-refractivity contribution is 7.89. The van der Waals surface area contributed by atoms with E-state index in [0.717, 1.165) is 0 Å². The summed E-state index contributed by atoms with van der Waals surface area (Å²) < 4.78 is 28.4. The van der Waals surface area contributed by atoms with E-state index in [1.807, 2.05) is 6.92 Å². The molecular formula is C16H18N2O4S. The van der Waals surface area contributed by atoms with E-state index in [1.165, 1.54) is 12.1 Å². The Morgan fingerprint density at radius 1 is 1.22 bits per heavy atom. The number of carbonyl (C=O) groups is 1. The number of hydrogen-bond acceptors (Lipinski definition) is 4. The van der Waals surface area contributed by atoms with Crippen LogP contribution in [0.3, 0.4) is 0 Å². The van der Waals surface area contributed by atoms with Crippen molar-refractivity contribution in [3.63, 3.8) is 0 Å². The van der Waals surface area contributed by atoms with Gasteiger partial charge < -0.3 is 10.1 Å². The van der Waals surface area contributed by atoms with Gasteiger partial charge in [-0.3, -0.25) is 4.79 Å². The minimum atomic E-state index is -3.88. The Labute approximate surface area is 135 Å². The maximum Gasteiger partial charge on any atom is 0.255 e. The molecular weight excluding hydrogens is 316 g/mol. The lowest BCUT2D eigenvalue weighted by Gasteiger charge is -2.12. The van der Waals surface area contributed by atoms with Crippen LogP contribution >= 0.6 is 0 Å². The Morgan fingerprint density at radius 3 is 2.57 bits per heavy atom. The number of nitrogens with two attached hydrogens (primary N) is 1. The van der Waals surface area contributed by atoms with E-state index in [4.69, 9.17) is 9.88 Å². The minimum Gasteiger partial charge on any atom is -0.492 e. The molecule has 0 aliphatic carbocycles. The Bertz CT molecular complexity index is 832. The van der Waals surface area contributed by atoms with E-state index < -0.39 is 15.9 Å². The van der Waals surface area contributed by atoms with Crippen molar-refractivity contribution in [1.29, 1.82) is 0 Å². The first kappa shape index (κ1) is 17.0. The van der Waals surface area contributed by atoms with E-state index in [2.05, 4.69) is 5.32 Å². The summed E-state index contributed by atoms with van der Waals surface area (Å²) in [5, 5.41) is 7.85. The number of para-hydroxylation sites is 2. The van der Waals surface area contributed by atoms with E-state index in [9.17, 15) is 13.2 Å². The predicted octanol–water partition coefficient (Wildman–Crippen LogP) is 2.29. The number of sulfonamides is 1. The van der Waals surface area contributed by atoms with Crippen molar-refractivity contribution >= 4 is 21.6 Å². The fourth-order valence-electron chi connectivity index (χ4n) is 2.09. The molecule has 0 spiro atoms. The Morgan fingerprint density at radius 2 is 1.91 bits per heavy atom. The average Bonchev–Trinajstić information content (AvgIpc) is 2.48. The highest BCUT2D eigenvalue weighted by Crippen LogP contribution is 2.24. The molecule has 0 atom stereocenters. The SMILES string of the molecule is CCOc1ccccc1NC(=O)c1cc(C)cc(S(N)(=O)=O)c1. The molecule has 0 aliphatic heterocycles. The molecule has 1 amide bonds. The first-order valence-corrected chi connectivity index (χ1v) is 8.53. The zero-order valence-corrected chi connectivity index (χ0v) is 13.7. The number of carbonyl (C=O) groups excluding carboxylic acids is 1. The van der Waals surface area contributed by atoms with Gasteiger partial charge in [-0.2, -0.15) is 0 Å². The summed E-state index contributed by atoms with van der Waals surface area (Å²) >= 11 is 0. The first-order chi connectivity index (χ1) is 10.8. The second kappa shape index (κ2) is 6.80. The second-order valence-corrected chi connectivity index (χ2v) is 6.52. The highest BCUT2D eigenvalue weighted by Gasteiger charge is 2.15. The van der Waals surface area contributed by atoms with Gasteiger partial charge in [0.05, 0.1) is 17.2 Å². The van der Waals surface area contributed by atoms with E-state index in [-0.39, 0.29) is 10.5 Å². The van der Waals surface area contributed by atoms with Crippen LogP contribution in [0.4, 0.5) is 5.69 Å². The number of anilines is 1. The van der Waals surface area contributed by atoms with Crippen LogP contribution in [-0.2, 0) is 10.0 Å². The summed E-state index contributed by atoms with van der Waals surface area (Å²) in [6.07, 6.45) is 0. The number of nitrogens with one attached hydrogen (secondary N) is 1. The molecule has 0 radical (unpaired) electrons. The van der Waals surface area contributed by atoms with Crippen LogP contribution in [0.25, 0.3) is 0 Å². The third-order valence-electron chi connectivity index (χ3n) is 3.08. The molecule has 0 unspecified atom stereocenters. The smallest absolute Gasteiger partial charge is 0.255 e. The highest BCUT2D eigenvalue weighted by atomic mass is 32.2. The standard InChI is InChI=1S/C16H18N2O4S/c1-3-22-15-7-5-4-6-14(15)18-16(19)12-8-11(2)9-13(10-12)23(17,20)21/h4-10H,3H2,1-2H3,(H,18,19)(H2,17,20,21). The lowest BCUT2D eigenvalue weighted by molar-refractivity contribution is 0.102. The van der Waals surface area contributed by atoms with E-state index in [0.29, 0.717) is 23.6 Å². The average molecular weight is 334 g/mol. The van der Waals surface area contributed by atoms with Gasteiger partial charge in [-0.15, -0.1) is 0 Å².